The molecule has 0 saturated heterocycles. The van der Waals surface area contributed by atoms with E-state index in [2.05, 4.69) is 4.98 Å². The van der Waals surface area contributed by atoms with Crippen molar-refractivity contribution in [1.82, 2.24) is 9.55 Å². The minimum absolute atomic E-state index is 0.0196. The molecule has 0 spiro atoms. The highest BCUT2D eigenvalue weighted by Gasteiger charge is 2.31. The molecule has 0 saturated carbocycles. The molecule has 0 bridgehead atoms. The molecule has 0 fully saturated rings. The van der Waals surface area contributed by atoms with Crippen LogP contribution in [0.15, 0.2) is 83.2 Å². The van der Waals surface area contributed by atoms with E-state index in [4.69, 9.17) is 27.4 Å². The number of aromatic nitrogens is 2. The fourth-order valence-corrected chi connectivity index (χ4v) is 4.46. The largest absolute Gasteiger partial charge is 0.494 e. The van der Waals surface area contributed by atoms with Crippen molar-refractivity contribution >= 4 is 24.1 Å². The quantitative estimate of drug-likeness (QED) is 0.233. The minimum atomic E-state index is -1.12. The maximum atomic E-state index is 13.4. The van der Waals surface area contributed by atoms with Crippen LogP contribution >= 0.6 is 12.2 Å². The Kier molecular flexibility index (Phi) is 6.71. The van der Waals surface area contributed by atoms with Gasteiger partial charge in [0.25, 0.3) is 5.56 Å². The second-order valence-corrected chi connectivity index (χ2v) is 9.51. The molecule has 5 rings (SSSR count). The zero-order valence-electron chi connectivity index (χ0n) is 20.7. The summed E-state index contributed by atoms with van der Waals surface area (Å²) in [5.74, 6) is 1.01. The summed E-state index contributed by atoms with van der Waals surface area (Å²) >= 11 is 5.33. The molecule has 4 N–H and O–H groups in total. The Morgan fingerprint density at radius 1 is 1.05 bits per heavy atom. The summed E-state index contributed by atoms with van der Waals surface area (Å²) in [5, 5.41) is 11.1. The molecular weight excluding hydrogens is 502 g/mol. The average molecular weight is 528 g/mol. The maximum absolute atomic E-state index is 13.4. The number of ether oxygens (including phenoxy) is 2. The first kappa shape index (κ1) is 25.2. The average Bonchev–Trinajstić information content (AvgIpc) is 2.89. The first-order valence-corrected chi connectivity index (χ1v) is 12.4. The van der Waals surface area contributed by atoms with E-state index in [9.17, 15) is 14.7 Å². The third-order valence-electron chi connectivity index (χ3n) is 6.23. The summed E-state index contributed by atoms with van der Waals surface area (Å²) in [4.78, 5) is 28.8. The van der Waals surface area contributed by atoms with Crippen LogP contribution in [0.2, 0.25) is 0 Å². The highest BCUT2D eigenvalue weighted by atomic mass is 32.1. The van der Waals surface area contributed by atoms with Crippen molar-refractivity contribution in [2.75, 3.05) is 0 Å². The number of carbonyl (C=O) groups excluding carboxylic acids is 1. The van der Waals surface area contributed by atoms with E-state index in [0.29, 0.717) is 28.5 Å². The maximum Gasteiger partial charge on any atom is 0.262 e. The Balaban J connectivity index is 1.53. The van der Waals surface area contributed by atoms with E-state index < -0.39 is 17.7 Å². The number of H-pyrrole nitrogens is 1. The van der Waals surface area contributed by atoms with Gasteiger partial charge >= 0.3 is 0 Å². The van der Waals surface area contributed by atoms with Gasteiger partial charge in [-0.05, 0) is 78.3 Å². The summed E-state index contributed by atoms with van der Waals surface area (Å²) in [6.45, 7) is 4.04. The Morgan fingerprint density at radius 3 is 2.42 bits per heavy atom. The Labute approximate surface area is 223 Å². The molecule has 4 aromatic rings. The Morgan fingerprint density at radius 2 is 1.74 bits per heavy atom. The molecule has 8 nitrogen and oxygen atoms in total. The van der Waals surface area contributed by atoms with Gasteiger partial charge in [0.05, 0.1) is 16.8 Å². The summed E-state index contributed by atoms with van der Waals surface area (Å²) in [6.07, 6.45) is 0.134. The Bertz CT molecular complexity index is 1670. The van der Waals surface area contributed by atoms with Gasteiger partial charge in [0, 0.05) is 0 Å². The van der Waals surface area contributed by atoms with Gasteiger partial charge in [0.1, 0.15) is 22.8 Å². The monoisotopic (exact) mass is 527 g/mol. The molecule has 1 aliphatic heterocycles. The van der Waals surface area contributed by atoms with Crippen LogP contribution in [0.1, 0.15) is 41.3 Å². The number of benzene rings is 3. The predicted octanol–water partition coefficient (Wildman–Crippen LogP) is 5.46. The van der Waals surface area contributed by atoms with Gasteiger partial charge in [0.15, 0.2) is 16.8 Å². The molecule has 192 valence electrons. The standard InChI is InChI=1S/C29H25N3O5S/c1-16(2)17-8-13-24-21(14-17)25(33)22(26(30)37-24)15-23-27(34)31-29(38)32(28(23)35)18-9-11-20(12-10-18)36-19-6-4-3-5-7-19/h3-16,26,35H,30H2,1-2H3,(H,31,34,38). The summed E-state index contributed by atoms with van der Waals surface area (Å²) in [6, 6.07) is 21.5. The molecule has 9 heteroatoms. The van der Waals surface area contributed by atoms with Crippen LogP contribution in [0.25, 0.3) is 11.8 Å². The lowest BCUT2D eigenvalue weighted by atomic mass is 9.92. The number of hydrogen-bond donors (Lipinski definition) is 3. The molecular formula is C29H25N3O5S. The van der Waals surface area contributed by atoms with Crippen molar-refractivity contribution in [3.8, 4) is 28.8 Å². The van der Waals surface area contributed by atoms with Crippen molar-refractivity contribution in [3.63, 3.8) is 0 Å². The molecule has 0 aliphatic carbocycles. The fourth-order valence-electron chi connectivity index (χ4n) is 4.17. The highest BCUT2D eigenvalue weighted by molar-refractivity contribution is 7.71. The predicted molar refractivity (Wildman–Crippen MR) is 147 cm³/mol. The number of rotatable bonds is 5. The number of aromatic hydroxyl groups is 1. The van der Waals surface area contributed by atoms with Gasteiger partial charge < -0.3 is 14.6 Å². The molecule has 1 atom stereocenters. The van der Waals surface area contributed by atoms with Crippen LogP contribution in [0.3, 0.4) is 0 Å². The van der Waals surface area contributed by atoms with E-state index >= 15 is 0 Å². The highest BCUT2D eigenvalue weighted by Crippen LogP contribution is 2.33. The molecule has 1 aliphatic rings. The van der Waals surface area contributed by atoms with Crippen LogP contribution in [0.4, 0.5) is 0 Å². The number of nitrogens with two attached hydrogens (primary N) is 1. The van der Waals surface area contributed by atoms with E-state index in [1.807, 2.05) is 50.2 Å². The van der Waals surface area contributed by atoms with E-state index in [-0.39, 0.29) is 27.6 Å². The van der Waals surface area contributed by atoms with E-state index in [0.717, 1.165) is 5.56 Å². The molecule has 0 radical (unpaired) electrons. The van der Waals surface area contributed by atoms with Gasteiger partial charge in [-0.3, -0.25) is 24.9 Å². The van der Waals surface area contributed by atoms with E-state index in [1.165, 1.54) is 10.6 Å². The van der Waals surface area contributed by atoms with Gasteiger partial charge in [-0.15, -0.1) is 0 Å². The number of ketones is 1. The zero-order chi connectivity index (χ0) is 27.0. The lowest BCUT2D eigenvalue weighted by molar-refractivity contribution is 0.0967. The number of para-hydroxylation sites is 1. The Hall–Kier alpha value is -4.47. The van der Waals surface area contributed by atoms with E-state index in [1.54, 1.807) is 36.4 Å². The van der Waals surface area contributed by atoms with Crippen LogP contribution in [0, 0.1) is 4.77 Å². The smallest absolute Gasteiger partial charge is 0.262 e. The van der Waals surface area contributed by atoms with Gasteiger partial charge in [0.2, 0.25) is 5.88 Å². The second kappa shape index (κ2) is 10.1. The second-order valence-electron chi connectivity index (χ2n) is 9.12. The molecule has 2 heterocycles. The van der Waals surface area contributed by atoms with Gasteiger partial charge in [-0.1, -0.05) is 38.1 Å². The van der Waals surface area contributed by atoms with Crippen molar-refractivity contribution in [2.24, 2.45) is 5.73 Å². The number of nitrogens with one attached hydrogen (secondary N) is 1. The van der Waals surface area contributed by atoms with Crippen molar-refractivity contribution in [2.45, 2.75) is 26.0 Å². The van der Waals surface area contributed by atoms with Crippen molar-refractivity contribution in [3.05, 3.63) is 110 Å². The lowest BCUT2D eigenvalue weighted by Crippen LogP contribution is -2.37. The van der Waals surface area contributed by atoms with Crippen LogP contribution in [-0.2, 0) is 0 Å². The first-order chi connectivity index (χ1) is 18.2. The van der Waals surface area contributed by atoms with Gasteiger partial charge in [-0.25, -0.2) is 0 Å². The number of Topliss-reactive ketones (excluding diaryl/α,β-unsaturated/α-hetero) is 1. The van der Waals surface area contributed by atoms with Crippen molar-refractivity contribution < 1.29 is 19.4 Å². The fraction of sp³-hybridized carbons (Fsp3) is 0.138. The molecule has 3 aromatic carbocycles. The SMILES string of the molecule is CC(C)c1ccc2c(c1)C(=O)C(=Cc1c(O)n(-c3ccc(Oc4ccccc4)cc3)c(=S)[nH]c1=O)C(N)O2. The molecule has 1 unspecified atom stereocenters. The van der Waals surface area contributed by atoms with Crippen LogP contribution in [-0.4, -0.2) is 26.7 Å². The molecule has 0 amide bonds. The molecule has 1 aromatic heterocycles. The topological polar surface area (TPSA) is 120 Å². The van der Waals surface area contributed by atoms with Gasteiger partial charge in [-0.2, -0.15) is 0 Å². The van der Waals surface area contributed by atoms with Crippen LogP contribution < -0.4 is 20.8 Å². The first-order valence-electron chi connectivity index (χ1n) is 12.0. The lowest BCUT2D eigenvalue weighted by Gasteiger charge is -2.25. The normalized spacial score (nSPS) is 15.8. The third kappa shape index (κ3) is 4.77. The third-order valence-corrected chi connectivity index (χ3v) is 6.52. The summed E-state index contributed by atoms with van der Waals surface area (Å²) in [5.41, 5.74) is 7.13. The minimum Gasteiger partial charge on any atom is -0.494 e. The number of nitrogens with zero attached hydrogens (tertiary/aromatic N) is 1. The number of hydrogen-bond acceptors (Lipinski definition) is 7. The van der Waals surface area contributed by atoms with Crippen molar-refractivity contribution in [1.29, 1.82) is 0 Å². The zero-order valence-corrected chi connectivity index (χ0v) is 21.5. The summed E-state index contributed by atoms with van der Waals surface area (Å²) < 4.78 is 12.8. The number of aromatic amines is 1. The van der Waals surface area contributed by atoms with Crippen LogP contribution in [0.5, 0.6) is 23.1 Å². The number of fused-ring (bicyclic) bond motifs is 1. The molecule has 38 heavy (non-hydrogen) atoms. The summed E-state index contributed by atoms with van der Waals surface area (Å²) in [7, 11) is 0. The number of carbonyl (C=O) groups is 1.